The quantitative estimate of drug-likeness (QED) is 0.0593. The lowest BCUT2D eigenvalue weighted by molar-refractivity contribution is -0.123. The second-order valence-electron chi connectivity index (χ2n) is 11.9. The van der Waals surface area contributed by atoms with Gasteiger partial charge in [0.1, 0.15) is 0 Å². The molecule has 0 aliphatic carbocycles. The maximum Gasteiger partial charge on any atom is 0.220 e. The normalized spacial score (nSPS) is 13.2. The van der Waals surface area contributed by atoms with Crippen molar-refractivity contribution in [1.29, 1.82) is 0 Å². The van der Waals surface area contributed by atoms with Gasteiger partial charge in [0.25, 0.3) is 0 Å². The predicted octanol–water partition coefficient (Wildman–Crippen LogP) is 9.95. The van der Waals surface area contributed by atoms with E-state index in [1.807, 2.05) is 0 Å². The number of hydrogen-bond donors (Lipinski definition) is 3. The number of rotatable bonds is 31. The van der Waals surface area contributed by atoms with Crippen molar-refractivity contribution < 1.29 is 15.0 Å². The van der Waals surface area contributed by atoms with Gasteiger partial charge in [-0.2, -0.15) is 0 Å². The van der Waals surface area contributed by atoms with E-state index in [1.54, 1.807) is 0 Å². The molecule has 0 aliphatic heterocycles. The number of amides is 1. The van der Waals surface area contributed by atoms with Gasteiger partial charge < -0.3 is 15.5 Å². The van der Waals surface area contributed by atoms with Gasteiger partial charge in [0, 0.05) is 6.42 Å². The summed E-state index contributed by atoms with van der Waals surface area (Å²) >= 11 is 0. The molecule has 0 radical (unpaired) electrons. The summed E-state index contributed by atoms with van der Waals surface area (Å²) in [4.78, 5) is 12.2. The highest BCUT2D eigenvalue weighted by Crippen LogP contribution is 2.14. The van der Waals surface area contributed by atoms with Gasteiger partial charge >= 0.3 is 0 Å². The van der Waals surface area contributed by atoms with Crippen LogP contribution in [-0.2, 0) is 4.79 Å². The molecule has 0 aromatic carbocycles. The predicted molar refractivity (Wildman–Crippen MR) is 170 cm³/mol. The Morgan fingerprint density at radius 1 is 0.590 bits per heavy atom. The third-order valence-corrected chi connectivity index (χ3v) is 8.03. The number of aliphatic hydroxyl groups is 2. The molecule has 0 bridgehead atoms. The molecule has 0 aromatic heterocycles. The maximum atomic E-state index is 12.2. The van der Waals surface area contributed by atoms with Crippen molar-refractivity contribution in [1.82, 2.24) is 5.32 Å². The van der Waals surface area contributed by atoms with Crippen LogP contribution in [0.15, 0.2) is 12.2 Å². The molecule has 0 saturated heterocycles. The zero-order valence-corrected chi connectivity index (χ0v) is 26.4. The third kappa shape index (κ3) is 28.5. The van der Waals surface area contributed by atoms with Crippen molar-refractivity contribution in [3.05, 3.63) is 12.2 Å². The highest BCUT2D eigenvalue weighted by Gasteiger charge is 2.19. The van der Waals surface area contributed by atoms with Crippen LogP contribution in [0.3, 0.4) is 0 Å². The summed E-state index contributed by atoms with van der Waals surface area (Å²) in [7, 11) is 0. The molecule has 4 nitrogen and oxygen atoms in total. The third-order valence-electron chi connectivity index (χ3n) is 8.03. The standard InChI is InChI=1S/C35H69NO3/c1-3-5-7-9-10-11-12-13-14-15-16-17-18-19-20-21-22-23-24-25-26-27-29-31-35(39)36-33(32-37)34(38)30-28-8-6-4-2/h15-16,33-34,37-38H,3-14,17-32H2,1-2H3,(H,36,39)/b16-15-. The molecule has 2 unspecified atom stereocenters. The zero-order chi connectivity index (χ0) is 28.7. The lowest BCUT2D eigenvalue weighted by atomic mass is 10.0. The summed E-state index contributed by atoms with van der Waals surface area (Å²) < 4.78 is 0. The number of unbranched alkanes of at least 4 members (excludes halogenated alkanes) is 22. The zero-order valence-electron chi connectivity index (χ0n) is 26.4. The van der Waals surface area contributed by atoms with Crippen molar-refractivity contribution >= 4 is 5.91 Å². The number of carbonyl (C=O) groups excluding carboxylic acids is 1. The minimum absolute atomic E-state index is 0.0411. The van der Waals surface area contributed by atoms with Crippen molar-refractivity contribution in [2.24, 2.45) is 0 Å². The number of carbonyl (C=O) groups is 1. The second kappa shape index (κ2) is 31.7. The Balaban J connectivity index is 3.39. The minimum atomic E-state index is -0.651. The van der Waals surface area contributed by atoms with Crippen LogP contribution in [0.2, 0.25) is 0 Å². The van der Waals surface area contributed by atoms with Crippen LogP contribution >= 0.6 is 0 Å². The smallest absolute Gasteiger partial charge is 0.220 e. The van der Waals surface area contributed by atoms with E-state index in [0.29, 0.717) is 12.8 Å². The van der Waals surface area contributed by atoms with Gasteiger partial charge in [-0.3, -0.25) is 4.79 Å². The Morgan fingerprint density at radius 2 is 0.974 bits per heavy atom. The average Bonchev–Trinajstić information content (AvgIpc) is 2.94. The summed E-state index contributed by atoms with van der Waals surface area (Å²) in [5.41, 5.74) is 0. The van der Waals surface area contributed by atoms with E-state index in [2.05, 4.69) is 31.3 Å². The molecule has 39 heavy (non-hydrogen) atoms. The molecule has 3 N–H and O–H groups in total. The number of nitrogens with one attached hydrogen (secondary N) is 1. The van der Waals surface area contributed by atoms with Gasteiger partial charge in [0.2, 0.25) is 5.91 Å². The first-order chi connectivity index (χ1) is 19.2. The number of aliphatic hydroxyl groups excluding tert-OH is 2. The fourth-order valence-electron chi connectivity index (χ4n) is 5.29. The van der Waals surface area contributed by atoms with Crippen LogP contribution in [0.4, 0.5) is 0 Å². The molecule has 0 spiro atoms. The molecule has 0 heterocycles. The molecule has 0 saturated carbocycles. The molecule has 4 heteroatoms. The SMILES string of the molecule is CCCCCCCCCC/C=C\CCCCCCCCCCCCCC(=O)NC(CO)C(O)CCCCCC. The lowest BCUT2D eigenvalue weighted by Gasteiger charge is -2.22. The molecule has 0 aliphatic rings. The fraction of sp³-hybridized carbons (Fsp3) is 0.914. The van der Waals surface area contributed by atoms with Crippen molar-refractivity contribution in [3.63, 3.8) is 0 Å². The molecule has 1 amide bonds. The van der Waals surface area contributed by atoms with E-state index in [4.69, 9.17) is 0 Å². The second-order valence-corrected chi connectivity index (χ2v) is 11.9. The first kappa shape index (κ1) is 38.1. The van der Waals surface area contributed by atoms with Gasteiger partial charge in [-0.05, 0) is 38.5 Å². The van der Waals surface area contributed by atoms with Crippen LogP contribution in [0.5, 0.6) is 0 Å². The topological polar surface area (TPSA) is 69.6 Å². The largest absolute Gasteiger partial charge is 0.394 e. The first-order valence-electron chi connectivity index (χ1n) is 17.4. The summed E-state index contributed by atoms with van der Waals surface area (Å²) in [6, 6.07) is -0.528. The highest BCUT2D eigenvalue weighted by atomic mass is 16.3. The Labute approximate surface area is 244 Å². The summed E-state index contributed by atoms with van der Waals surface area (Å²) in [6.07, 6.45) is 37.4. The highest BCUT2D eigenvalue weighted by molar-refractivity contribution is 5.76. The Bertz CT molecular complexity index is 522. The summed E-state index contributed by atoms with van der Waals surface area (Å²) in [6.45, 7) is 4.25. The van der Waals surface area contributed by atoms with Crippen LogP contribution < -0.4 is 5.32 Å². The maximum absolute atomic E-state index is 12.2. The fourth-order valence-corrected chi connectivity index (χ4v) is 5.29. The van der Waals surface area contributed by atoms with Crippen molar-refractivity contribution in [3.8, 4) is 0 Å². The van der Waals surface area contributed by atoms with Gasteiger partial charge in [-0.25, -0.2) is 0 Å². The molecule has 232 valence electrons. The van der Waals surface area contributed by atoms with E-state index in [1.165, 1.54) is 128 Å². The Morgan fingerprint density at radius 3 is 1.41 bits per heavy atom. The molecule has 2 atom stereocenters. The number of hydrogen-bond acceptors (Lipinski definition) is 3. The molecule has 0 aromatic rings. The van der Waals surface area contributed by atoms with Crippen LogP contribution in [-0.4, -0.2) is 34.9 Å². The lowest BCUT2D eigenvalue weighted by Crippen LogP contribution is -2.45. The van der Waals surface area contributed by atoms with Crippen LogP contribution in [0.25, 0.3) is 0 Å². The van der Waals surface area contributed by atoms with E-state index in [9.17, 15) is 15.0 Å². The first-order valence-corrected chi connectivity index (χ1v) is 17.4. The van der Waals surface area contributed by atoms with Gasteiger partial charge in [0.15, 0.2) is 0 Å². The van der Waals surface area contributed by atoms with E-state index in [-0.39, 0.29) is 12.5 Å². The van der Waals surface area contributed by atoms with Gasteiger partial charge in [-0.1, -0.05) is 154 Å². The van der Waals surface area contributed by atoms with Gasteiger partial charge in [-0.15, -0.1) is 0 Å². The van der Waals surface area contributed by atoms with Crippen LogP contribution in [0, 0.1) is 0 Å². The monoisotopic (exact) mass is 552 g/mol. The Hall–Kier alpha value is -0.870. The van der Waals surface area contributed by atoms with E-state index < -0.39 is 12.1 Å². The van der Waals surface area contributed by atoms with Crippen molar-refractivity contribution in [2.45, 2.75) is 199 Å². The minimum Gasteiger partial charge on any atom is -0.394 e. The van der Waals surface area contributed by atoms with E-state index >= 15 is 0 Å². The van der Waals surface area contributed by atoms with Crippen LogP contribution in [0.1, 0.15) is 187 Å². The summed E-state index contributed by atoms with van der Waals surface area (Å²) in [5.74, 6) is -0.0411. The van der Waals surface area contributed by atoms with E-state index in [0.717, 1.165) is 32.1 Å². The van der Waals surface area contributed by atoms with Gasteiger partial charge in [0.05, 0.1) is 18.8 Å². The average molecular weight is 552 g/mol. The molecular formula is C35H69NO3. The number of allylic oxidation sites excluding steroid dienone is 2. The summed E-state index contributed by atoms with van der Waals surface area (Å²) in [5, 5.41) is 22.6. The van der Waals surface area contributed by atoms with Crippen molar-refractivity contribution in [2.75, 3.05) is 6.61 Å². The Kier molecular flexibility index (Phi) is 30.9. The molecule has 0 rings (SSSR count). The molecule has 0 fully saturated rings. The molecular weight excluding hydrogens is 482 g/mol.